The maximum atomic E-state index is 14.7. The summed E-state index contributed by atoms with van der Waals surface area (Å²) in [7, 11) is 0. The highest BCUT2D eigenvalue weighted by atomic mass is 35.5. The van der Waals surface area contributed by atoms with Crippen molar-refractivity contribution in [3.63, 3.8) is 0 Å². The molecule has 1 aromatic carbocycles. The molecular formula is C31H41ClN2O6. The fourth-order valence-corrected chi connectivity index (χ4v) is 7.36. The zero-order chi connectivity index (χ0) is 29.1. The fourth-order valence-electron chi connectivity index (χ4n) is 7.03. The Hall–Kier alpha value is -2.68. The Bertz CT molecular complexity index is 1140. The Morgan fingerprint density at radius 3 is 2.67 bits per heavy atom. The van der Waals surface area contributed by atoms with Gasteiger partial charge in [0.2, 0.25) is 5.91 Å². The average Bonchev–Trinajstić information content (AvgIpc) is 3.54. The number of carbonyl (C=O) groups excluding carboxylic acids is 3. The van der Waals surface area contributed by atoms with Crippen molar-refractivity contribution in [2.75, 3.05) is 31.2 Å². The number of aryl methyl sites for hydroxylation is 1. The van der Waals surface area contributed by atoms with Gasteiger partial charge in [-0.25, -0.2) is 0 Å². The highest BCUT2D eigenvalue weighted by Gasteiger charge is 2.79. The van der Waals surface area contributed by atoms with Crippen LogP contribution in [0.1, 0.15) is 57.4 Å². The molecule has 218 valence electrons. The van der Waals surface area contributed by atoms with Gasteiger partial charge in [-0.1, -0.05) is 42.8 Å². The monoisotopic (exact) mass is 572 g/mol. The van der Waals surface area contributed by atoms with E-state index in [0.717, 1.165) is 5.56 Å². The minimum Gasteiger partial charge on any atom is -0.465 e. The number of amides is 2. The summed E-state index contributed by atoms with van der Waals surface area (Å²) in [5.41, 5.74) is -0.630. The molecule has 1 N–H and O–H groups in total. The van der Waals surface area contributed by atoms with Crippen molar-refractivity contribution in [2.24, 2.45) is 11.8 Å². The van der Waals surface area contributed by atoms with Crippen LogP contribution >= 0.6 is 11.6 Å². The molecule has 3 aliphatic rings. The number of anilines is 1. The number of fused-ring (bicyclic) bond motifs is 1. The molecule has 3 saturated heterocycles. The van der Waals surface area contributed by atoms with Crippen molar-refractivity contribution >= 4 is 35.1 Å². The van der Waals surface area contributed by atoms with Gasteiger partial charge in [0.25, 0.3) is 5.91 Å². The van der Waals surface area contributed by atoms with E-state index >= 15 is 0 Å². The lowest BCUT2D eigenvalue weighted by molar-refractivity contribution is -0.160. The molecule has 2 unspecified atom stereocenters. The summed E-state index contributed by atoms with van der Waals surface area (Å²) >= 11 is 6.62. The van der Waals surface area contributed by atoms with E-state index in [1.807, 2.05) is 26.0 Å². The van der Waals surface area contributed by atoms with Crippen LogP contribution in [0.15, 0.2) is 43.5 Å². The van der Waals surface area contributed by atoms with Gasteiger partial charge in [0.05, 0.1) is 28.8 Å². The van der Waals surface area contributed by atoms with E-state index in [9.17, 15) is 19.5 Å². The van der Waals surface area contributed by atoms with Gasteiger partial charge in [0.15, 0.2) is 0 Å². The molecule has 3 aliphatic heterocycles. The summed E-state index contributed by atoms with van der Waals surface area (Å²) in [6, 6.07) is 4.51. The number of halogens is 1. The summed E-state index contributed by atoms with van der Waals surface area (Å²) in [6.45, 7) is 12.1. The molecule has 4 rings (SSSR count). The molecule has 0 saturated carbocycles. The van der Waals surface area contributed by atoms with Crippen molar-refractivity contribution in [3.05, 3.63) is 54.1 Å². The van der Waals surface area contributed by atoms with Crippen molar-refractivity contribution < 1.29 is 29.0 Å². The van der Waals surface area contributed by atoms with Gasteiger partial charge in [0, 0.05) is 19.7 Å². The van der Waals surface area contributed by atoms with E-state index in [1.165, 1.54) is 0 Å². The first-order chi connectivity index (χ1) is 19.2. The lowest BCUT2D eigenvalue weighted by atomic mass is 9.65. The van der Waals surface area contributed by atoms with Crippen LogP contribution < -0.4 is 4.90 Å². The second-order valence-corrected chi connectivity index (χ2v) is 11.4. The average molecular weight is 573 g/mol. The van der Waals surface area contributed by atoms with Crippen molar-refractivity contribution in [3.8, 4) is 0 Å². The molecule has 9 heteroatoms. The van der Waals surface area contributed by atoms with E-state index < -0.39 is 35.0 Å². The molecule has 0 radical (unpaired) electrons. The van der Waals surface area contributed by atoms with Crippen LogP contribution in [0.25, 0.3) is 0 Å². The van der Waals surface area contributed by atoms with Gasteiger partial charge in [0.1, 0.15) is 17.6 Å². The van der Waals surface area contributed by atoms with Crippen LogP contribution in [0.2, 0.25) is 5.02 Å². The van der Waals surface area contributed by atoms with Gasteiger partial charge >= 0.3 is 5.97 Å². The van der Waals surface area contributed by atoms with E-state index in [2.05, 4.69) is 13.2 Å². The minimum absolute atomic E-state index is 0.0581. The molecule has 2 bridgehead atoms. The number of esters is 1. The van der Waals surface area contributed by atoms with E-state index in [1.54, 1.807) is 28.0 Å². The Morgan fingerprint density at radius 1 is 1.25 bits per heavy atom. The number of nitrogens with zero attached hydrogens (tertiary/aromatic N) is 2. The van der Waals surface area contributed by atoms with Crippen LogP contribution in [0.5, 0.6) is 0 Å². The van der Waals surface area contributed by atoms with Crippen molar-refractivity contribution in [1.29, 1.82) is 0 Å². The molecule has 40 heavy (non-hydrogen) atoms. The van der Waals surface area contributed by atoms with E-state index in [0.29, 0.717) is 62.2 Å². The second kappa shape index (κ2) is 12.5. The third-order valence-electron chi connectivity index (χ3n) is 8.83. The predicted molar refractivity (Wildman–Crippen MR) is 154 cm³/mol. The number of benzene rings is 1. The standard InChI is InChI=1S/C31H41ClN2O6/c1-5-8-20-39-29(38)24-23-27(36)34(18-10-9-11-19-35)26(31(23)16-15-30(24,7-3)40-31)28(37)33(17-6-2)25-21(4)13-12-14-22(25)32/h5-6,12-14,23-24,26,35H,1-2,7-11,15-20H2,3-4H3/t23-,24-,26?,30+,31?/m0/s1. The first-order valence-electron chi connectivity index (χ1n) is 14.3. The highest BCUT2D eigenvalue weighted by molar-refractivity contribution is 6.34. The lowest BCUT2D eigenvalue weighted by Gasteiger charge is -2.37. The number of aliphatic hydroxyl groups is 1. The Balaban J connectivity index is 1.79. The summed E-state index contributed by atoms with van der Waals surface area (Å²) in [4.78, 5) is 45.7. The van der Waals surface area contributed by atoms with Crippen LogP contribution in [0.3, 0.4) is 0 Å². The Kier molecular flexibility index (Phi) is 9.43. The molecule has 3 fully saturated rings. The number of hydrogen-bond acceptors (Lipinski definition) is 6. The van der Waals surface area contributed by atoms with Crippen LogP contribution in [0.4, 0.5) is 5.69 Å². The number of para-hydroxylation sites is 1. The number of carbonyl (C=O) groups is 3. The molecular weight excluding hydrogens is 532 g/mol. The first-order valence-corrected chi connectivity index (χ1v) is 14.7. The largest absolute Gasteiger partial charge is 0.465 e. The Labute approximate surface area is 241 Å². The molecule has 0 aliphatic carbocycles. The van der Waals surface area contributed by atoms with E-state index in [4.69, 9.17) is 21.1 Å². The molecule has 3 heterocycles. The van der Waals surface area contributed by atoms with Crippen molar-refractivity contribution in [2.45, 2.75) is 76.0 Å². The number of aliphatic hydroxyl groups excluding tert-OH is 1. The quantitative estimate of drug-likeness (QED) is 0.199. The maximum Gasteiger partial charge on any atom is 0.312 e. The first kappa shape index (κ1) is 30.3. The van der Waals surface area contributed by atoms with Crippen LogP contribution in [-0.2, 0) is 23.9 Å². The van der Waals surface area contributed by atoms with Gasteiger partial charge in [-0.2, -0.15) is 0 Å². The molecule has 5 atom stereocenters. The number of unbranched alkanes of at least 4 members (excludes halogenated alkanes) is 2. The Morgan fingerprint density at radius 2 is 2.02 bits per heavy atom. The van der Waals surface area contributed by atoms with Crippen LogP contribution in [0, 0.1) is 18.8 Å². The number of likely N-dealkylation sites (tertiary alicyclic amines) is 1. The zero-order valence-corrected chi connectivity index (χ0v) is 24.3. The highest BCUT2D eigenvalue weighted by Crippen LogP contribution is 2.64. The third kappa shape index (κ3) is 4.99. The number of rotatable bonds is 14. The molecule has 2 amide bonds. The summed E-state index contributed by atoms with van der Waals surface area (Å²) in [5, 5.41) is 9.70. The summed E-state index contributed by atoms with van der Waals surface area (Å²) < 4.78 is 12.4. The maximum absolute atomic E-state index is 14.7. The smallest absolute Gasteiger partial charge is 0.312 e. The van der Waals surface area contributed by atoms with Gasteiger partial charge < -0.3 is 24.4 Å². The topological polar surface area (TPSA) is 96.4 Å². The minimum atomic E-state index is -1.15. The SMILES string of the molecule is C=CCCOC(=O)[C@@H]1[C@H]2C(=O)N(CCCCCO)C(C(=O)N(CC=C)c3c(C)cccc3Cl)C23CC[C@@]1(CC)O3. The second-order valence-electron chi connectivity index (χ2n) is 11.0. The van der Waals surface area contributed by atoms with Crippen molar-refractivity contribution in [1.82, 2.24) is 4.90 Å². The zero-order valence-electron chi connectivity index (χ0n) is 23.6. The molecule has 1 spiro atoms. The van der Waals surface area contributed by atoms with Gasteiger partial charge in [-0.05, 0) is 63.5 Å². The summed E-state index contributed by atoms with van der Waals surface area (Å²) in [5.74, 6) is -2.63. The molecule has 8 nitrogen and oxygen atoms in total. The van der Waals surface area contributed by atoms with Gasteiger partial charge in [-0.3, -0.25) is 14.4 Å². The van der Waals surface area contributed by atoms with E-state index in [-0.39, 0.29) is 31.6 Å². The van der Waals surface area contributed by atoms with Gasteiger partial charge in [-0.15, -0.1) is 13.2 Å². The normalized spacial score (nSPS) is 28.4. The third-order valence-corrected chi connectivity index (χ3v) is 9.13. The number of hydrogen-bond donors (Lipinski definition) is 1. The molecule has 1 aromatic rings. The summed E-state index contributed by atoms with van der Waals surface area (Å²) in [6.07, 6.45) is 7.30. The lowest BCUT2D eigenvalue weighted by Crippen LogP contribution is -2.56. The van der Waals surface area contributed by atoms with Crippen LogP contribution in [-0.4, -0.2) is 71.3 Å². The number of ether oxygens (including phenoxy) is 2. The fraction of sp³-hybridized carbons (Fsp3) is 0.581. The molecule has 0 aromatic heterocycles. The predicted octanol–water partition coefficient (Wildman–Crippen LogP) is 4.60.